The minimum absolute atomic E-state index is 0.0301. The Bertz CT molecular complexity index is 627. The van der Waals surface area contributed by atoms with Crippen LogP contribution in [0.4, 0.5) is 13.6 Å². The van der Waals surface area contributed by atoms with E-state index < -0.39 is 6.61 Å². The van der Waals surface area contributed by atoms with Gasteiger partial charge in [-0.25, -0.2) is 4.79 Å². The summed E-state index contributed by atoms with van der Waals surface area (Å²) in [6.45, 7) is -1.36. The molecule has 2 fully saturated rings. The van der Waals surface area contributed by atoms with E-state index in [1.165, 1.54) is 12.1 Å². The van der Waals surface area contributed by atoms with Crippen molar-refractivity contribution < 1.29 is 23.1 Å². The Labute approximate surface area is 150 Å². The average Bonchev–Trinajstić information content (AvgIpc) is 3.44. The third-order valence-corrected chi connectivity index (χ3v) is 4.67. The highest BCUT2D eigenvalue weighted by atomic mass is 19.3. The van der Waals surface area contributed by atoms with Crippen LogP contribution in [0.15, 0.2) is 24.3 Å². The minimum Gasteiger partial charge on any atom is -0.435 e. The number of urea groups is 1. The summed E-state index contributed by atoms with van der Waals surface area (Å²) in [5, 5.41) is 5.83. The smallest absolute Gasteiger partial charge is 0.387 e. The normalized spacial score (nSPS) is 17.9. The molecule has 1 aromatic carbocycles. The van der Waals surface area contributed by atoms with Crippen molar-refractivity contribution >= 4 is 11.9 Å². The monoisotopic (exact) mass is 367 g/mol. The molecule has 1 saturated heterocycles. The zero-order valence-corrected chi connectivity index (χ0v) is 14.4. The molecule has 1 aliphatic carbocycles. The van der Waals surface area contributed by atoms with Crippen LogP contribution in [-0.2, 0) is 11.3 Å². The standard InChI is InChI=1S/C18H23F2N3O3/c19-17(20)26-15-5-1-12(2-6-15)11-21-16(24)13-7-9-23(10-8-13)18(25)22-14-3-4-14/h1-2,5-6,13-14,17H,3-4,7-11H2,(H,21,24)(H,22,25). The number of alkyl halides is 2. The number of rotatable bonds is 6. The maximum atomic E-state index is 12.3. The molecule has 0 spiro atoms. The largest absolute Gasteiger partial charge is 0.435 e. The molecule has 3 amide bonds. The summed E-state index contributed by atoms with van der Waals surface area (Å²) in [5.74, 6) is -0.0616. The molecule has 3 rings (SSSR count). The maximum absolute atomic E-state index is 12.3. The summed E-state index contributed by atoms with van der Waals surface area (Å²) in [6.07, 6.45) is 3.40. The van der Waals surface area contributed by atoms with Gasteiger partial charge in [-0.1, -0.05) is 12.1 Å². The van der Waals surface area contributed by atoms with Gasteiger partial charge in [-0.05, 0) is 43.4 Å². The average molecular weight is 367 g/mol. The van der Waals surface area contributed by atoms with Crippen molar-refractivity contribution in [3.8, 4) is 5.75 Å². The van der Waals surface area contributed by atoms with Crippen LogP contribution >= 0.6 is 0 Å². The first-order valence-corrected chi connectivity index (χ1v) is 8.88. The highest BCUT2D eigenvalue weighted by Gasteiger charge is 2.30. The summed E-state index contributed by atoms with van der Waals surface area (Å²) in [4.78, 5) is 26.0. The van der Waals surface area contributed by atoms with E-state index in [4.69, 9.17) is 0 Å². The fraction of sp³-hybridized carbons (Fsp3) is 0.556. The number of nitrogens with zero attached hydrogens (tertiary/aromatic N) is 1. The zero-order valence-electron chi connectivity index (χ0n) is 14.4. The van der Waals surface area contributed by atoms with Crippen molar-refractivity contribution in [1.82, 2.24) is 15.5 Å². The summed E-state index contributed by atoms with van der Waals surface area (Å²) in [7, 11) is 0. The molecule has 142 valence electrons. The molecule has 0 aromatic heterocycles. The van der Waals surface area contributed by atoms with Gasteiger partial charge in [0.05, 0.1) is 0 Å². The van der Waals surface area contributed by atoms with Crippen LogP contribution < -0.4 is 15.4 Å². The lowest BCUT2D eigenvalue weighted by molar-refractivity contribution is -0.126. The molecule has 1 heterocycles. The van der Waals surface area contributed by atoms with Gasteiger partial charge in [0.1, 0.15) is 5.75 Å². The number of amides is 3. The van der Waals surface area contributed by atoms with E-state index in [1.54, 1.807) is 17.0 Å². The lowest BCUT2D eigenvalue weighted by Gasteiger charge is -2.31. The number of halogens is 2. The van der Waals surface area contributed by atoms with Crippen LogP contribution in [0.3, 0.4) is 0 Å². The van der Waals surface area contributed by atoms with E-state index in [2.05, 4.69) is 15.4 Å². The Balaban J connectivity index is 1.39. The first-order valence-electron chi connectivity index (χ1n) is 8.88. The summed E-state index contributed by atoms with van der Waals surface area (Å²) < 4.78 is 28.5. The minimum atomic E-state index is -2.85. The molecule has 0 radical (unpaired) electrons. The third kappa shape index (κ3) is 5.31. The van der Waals surface area contributed by atoms with Gasteiger partial charge in [0, 0.05) is 31.6 Å². The quantitative estimate of drug-likeness (QED) is 0.812. The molecule has 2 aliphatic rings. The van der Waals surface area contributed by atoms with Crippen LogP contribution in [-0.4, -0.2) is 42.6 Å². The molecule has 0 unspecified atom stereocenters. The maximum Gasteiger partial charge on any atom is 0.387 e. The van der Waals surface area contributed by atoms with E-state index in [9.17, 15) is 18.4 Å². The van der Waals surface area contributed by atoms with Gasteiger partial charge in [0.25, 0.3) is 0 Å². The number of carbonyl (C=O) groups excluding carboxylic acids is 2. The van der Waals surface area contributed by atoms with Gasteiger partial charge in [-0.2, -0.15) is 8.78 Å². The van der Waals surface area contributed by atoms with E-state index in [0.29, 0.717) is 38.5 Å². The Morgan fingerprint density at radius 2 is 1.77 bits per heavy atom. The van der Waals surface area contributed by atoms with Crippen LogP contribution in [0, 0.1) is 5.92 Å². The van der Waals surface area contributed by atoms with Gasteiger partial charge >= 0.3 is 12.6 Å². The number of benzene rings is 1. The molecule has 8 heteroatoms. The van der Waals surface area contributed by atoms with Crippen molar-refractivity contribution in [2.24, 2.45) is 5.92 Å². The third-order valence-electron chi connectivity index (χ3n) is 4.67. The second-order valence-corrected chi connectivity index (χ2v) is 6.73. The number of likely N-dealkylation sites (tertiary alicyclic amines) is 1. The number of nitrogens with one attached hydrogen (secondary N) is 2. The first-order chi connectivity index (χ1) is 12.5. The highest BCUT2D eigenvalue weighted by Crippen LogP contribution is 2.21. The number of ether oxygens (including phenoxy) is 1. The number of hydrogen-bond donors (Lipinski definition) is 2. The van der Waals surface area contributed by atoms with Crippen molar-refractivity contribution in [3.05, 3.63) is 29.8 Å². The topological polar surface area (TPSA) is 70.7 Å². The summed E-state index contributed by atoms with van der Waals surface area (Å²) in [6, 6.07) is 6.49. The highest BCUT2D eigenvalue weighted by molar-refractivity contribution is 5.79. The lowest BCUT2D eigenvalue weighted by atomic mass is 9.96. The number of piperidine rings is 1. The molecule has 26 heavy (non-hydrogen) atoms. The molecule has 0 bridgehead atoms. The fourth-order valence-electron chi connectivity index (χ4n) is 2.96. The SMILES string of the molecule is O=C(NCc1ccc(OC(F)F)cc1)C1CCN(C(=O)NC2CC2)CC1. The Hall–Kier alpha value is -2.38. The van der Waals surface area contributed by atoms with Gasteiger partial charge < -0.3 is 20.3 Å². The first kappa shape index (κ1) is 18.4. The fourth-order valence-corrected chi connectivity index (χ4v) is 2.96. The molecule has 1 saturated carbocycles. The van der Waals surface area contributed by atoms with Gasteiger partial charge in [0.2, 0.25) is 5.91 Å². The van der Waals surface area contributed by atoms with Crippen molar-refractivity contribution in [2.75, 3.05) is 13.1 Å². The summed E-state index contributed by atoms with van der Waals surface area (Å²) >= 11 is 0. The predicted octanol–water partition coefficient (Wildman–Crippen LogP) is 2.49. The molecule has 1 aromatic rings. The lowest BCUT2D eigenvalue weighted by Crippen LogP contribution is -2.47. The molecule has 1 aliphatic heterocycles. The molecular weight excluding hydrogens is 344 g/mol. The van der Waals surface area contributed by atoms with Crippen molar-refractivity contribution in [2.45, 2.75) is 44.9 Å². The van der Waals surface area contributed by atoms with Gasteiger partial charge in [-0.3, -0.25) is 4.79 Å². The molecule has 0 atom stereocenters. The summed E-state index contributed by atoms with van der Waals surface area (Å²) in [5.41, 5.74) is 0.807. The van der Waals surface area contributed by atoms with Crippen LogP contribution in [0.2, 0.25) is 0 Å². The van der Waals surface area contributed by atoms with E-state index in [-0.39, 0.29) is 23.6 Å². The van der Waals surface area contributed by atoms with Crippen LogP contribution in [0.25, 0.3) is 0 Å². The van der Waals surface area contributed by atoms with E-state index in [1.807, 2.05) is 0 Å². The second-order valence-electron chi connectivity index (χ2n) is 6.73. The van der Waals surface area contributed by atoms with Gasteiger partial charge in [-0.15, -0.1) is 0 Å². The molecular formula is C18H23F2N3O3. The van der Waals surface area contributed by atoms with Crippen molar-refractivity contribution in [3.63, 3.8) is 0 Å². The Morgan fingerprint density at radius 1 is 1.12 bits per heavy atom. The number of hydrogen-bond acceptors (Lipinski definition) is 3. The second kappa shape index (κ2) is 8.33. The van der Waals surface area contributed by atoms with Crippen LogP contribution in [0.5, 0.6) is 5.75 Å². The number of carbonyl (C=O) groups is 2. The van der Waals surface area contributed by atoms with Crippen molar-refractivity contribution in [1.29, 1.82) is 0 Å². The van der Waals surface area contributed by atoms with E-state index >= 15 is 0 Å². The predicted molar refractivity (Wildman–Crippen MR) is 90.8 cm³/mol. The zero-order chi connectivity index (χ0) is 18.5. The molecule has 6 nitrogen and oxygen atoms in total. The van der Waals surface area contributed by atoms with Gasteiger partial charge in [0.15, 0.2) is 0 Å². The van der Waals surface area contributed by atoms with Crippen LogP contribution in [0.1, 0.15) is 31.2 Å². The van der Waals surface area contributed by atoms with E-state index in [0.717, 1.165) is 18.4 Å². The Kier molecular flexibility index (Phi) is 5.90. The molecule has 2 N–H and O–H groups in total. The Morgan fingerprint density at radius 3 is 2.35 bits per heavy atom.